The lowest BCUT2D eigenvalue weighted by Gasteiger charge is -2.31. The van der Waals surface area contributed by atoms with Crippen molar-refractivity contribution in [3.8, 4) is 0 Å². The highest BCUT2D eigenvalue weighted by atomic mass is 32.2. The zero-order chi connectivity index (χ0) is 24.0. The van der Waals surface area contributed by atoms with Crippen LogP contribution in [-0.2, 0) is 34.2 Å². The van der Waals surface area contributed by atoms with E-state index in [0.717, 1.165) is 17.5 Å². The summed E-state index contributed by atoms with van der Waals surface area (Å²) in [5.41, 5.74) is 3.01. The lowest BCUT2D eigenvalue weighted by molar-refractivity contribution is -0.0576. The molecule has 7 nitrogen and oxygen atoms in total. The summed E-state index contributed by atoms with van der Waals surface area (Å²) in [6, 6.07) is 12.4. The zero-order valence-electron chi connectivity index (χ0n) is 19.8. The van der Waals surface area contributed by atoms with Crippen molar-refractivity contribution in [1.29, 1.82) is 0 Å². The van der Waals surface area contributed by atoms with Crippen molar-refractivity contribution in [2.45, 2.75) is 51.3 Å². The van der Waals surface area contributed by atoms with Crippen LogP contribution in [-0.4, -0.2) is 62.6 Å². The number of hydrogen-bond acceptors (Lipinski definition) is 6. The zero-order valence-corrected chi connectivity index (χ0v) is 20.6. The molecule has 182 valence electrons. The van der Waals surface area contributed by atoms with Gasteiger partial charge in [-0.2, -0.15) is 0 Å². The van der Waals surface area contributed by atoms with Crippen LogP contribution in [0.3, 0.4) is 0 Å². The van der Waals surface area contributed by atoms with Crippen molar-refractivity contribution in [3.05, 3.63) is 59.2 Å². The average molecular weight is 477 g/mol. The van der Waals surface area contributed by atoms with Gasteiger partial charge >= 0.3 is 0 Å². The summed E-state index contributed by atoms with van der Waals surface area (Å²) < 4.78 is 34.1. The molecule has 0 aromatic heterocycles. The number of benzene rings is 2. The molecule has 1 heterocycles. The summed E-state index contributed by atoms with van der Waals surface area (Å²) in [6.07, 6.45) is 0.482. The van der Waals surface area contributed by atoms with Crippen molar-refractivity contribution in [2.24, 2.45) is 5.92 Å². The largest absolute Gasteiger partial charge is 0.392 e. The summed E-state index contributed by atoms with van der Waals surface area (Å²) in [4.78, 5) is 2.07. The summed E-state index contributed by atoms with van der Waals surface area (Å²) in [5.74, 6) is 0.130. The van der Waals surface area contributed by atoms with Gasteiger partial charge in [0.2, 0.25) is 0 Å². The molecule has 0 amide bonds. The maximum absolute atomic E-state index is 13.6. The monoisotopic (exact) mass is 476 g/mol. The van der Waals surface area contributed by atoms with E-state index in [1.165, 1.54) is 10.4 Å². The molecular formula is C25H36N2O5S. The van der Waals surface area contributed by atoms with Gasteiger partial charge in [-0.05, 0) is 53.3 Å². The summed E-state index contributed by atoms with van der Waals surface area (Å²) in [6.45, 7) is 8.51. The van der Waals surface area contributed by atoms with Gasteiger partial charge in [-0.15, -0.1) is 0 Å². The number of rotatable bonds is 10. The summed E-state index contributed by atoms with van der Waals surface area (Å²) in [5, 5.41) is 20.6. The summed E-state index contributed by atoms with van der Waals surface area (Å²) >= 11 is 0. The van der Waals surface area contributed by atoms with E-state index in [0.29, 0.717) is 50.5 Å². The van der Waals surface area contributed by atoms with E-state index >= 15 is 0 Å². The Hall–Kier alpha value is -1.97. The number of nitrogens with zero attached hydrogens (tertiary/aromatic N) is 2. The maximum atomic E-state index is 13.6. The SMILES string of the molecule is CCc1ccc(N(CC(C)C)S(=O)(=O)c2ccc(CC(O)N3CCOCC3)c(CO)c2)cc1. The Bertz CT molecular complexity index is 1000. The number of morpholine rings is 1. The van der Waals surface area contributed by atoms with E-state index in [2.05, 4.69) is 6.92 Å². The molecule has 33 heavy (non-hydrogen) atoms. The number of ether oxygens (including phenoxy) is 1. The van der Waals surface area contributed by atoms with Crippen LogP contribution >= 0.6 is 0 Å². The van der Waals surface area contributed by atoms with Gasteiger partial charge in [-0.1, -0.05) is 39.0 Å². The minimum Gasteiger partial charge on any atom is -0.392 e. The third-order valence-electron chi connectivity index (χ3n) is 5.97. The highest BCUT2D eigenvalue weighted by molar-refractivity contribution is 7.92. The van der Waals surface area contributed by atoms with Gasteiger partial charge in [0, 0.05) is 26.1 Å². The average Bonchev–Trinajstić information content (AvgIpc) is 2.83. The van der Waals surface area contributed by atoms with Crippen LogP contribution in [0.5, 0.6) is 0 Å². The molecule has 1 saturated heterocycles. The normalized spacial score (nSPS) is 16.2. The number of sulfonamides is 1. The van der Waals surface area contributed by atoms with Gasteiger partial charge in [0.1, 0.15) is 6.23 Å². The first kappa shape index (κ1) is 25.6. The molecule has 0 radical (unpaired) electrons. The van der Waals surface area contributed by atoms with Crippen LogP contribution in [0.15, 0.2) is 47.4 Å². The summed E-state index contributed by atoms with van der Waals surface area (Å²) in [7, 11) is -3.83. The fourth-order valence-corrected chi connectivity index (χ4v) is 5.69. The van der Waals surface area contributed by atoms with Crippen molar-refractivity contribution >= 4 is 15.7 Å². The van der Waals surface area contributed by atoms with Crippen molar-refractivity contribution in [2.75, 3.05) is 37.2 Å². The predicted molar refractivity (Wildman–Crippen MR) is 130 cm³/mol. The molecule has 1 atom stereocenters. The third-order valence-corrected chi connectivity index (χ3v) is 7.76. The smallest absolute Gasteiger partial charge is 0.264 e. The Morgan fingerprint density at radius 1 is 1.06 bits per heavy atom. The number of aliphatic hydroxyl groups excluding tert-OH is 2. The van der Waals surface area contributed by atoms with E-state index in [4.69, 9.17) is 4.74 Å². The van der Waals surface area contributed by atoms with Gasteiger partial charge in [0.15, 0.2) is 0 Å². The van der Waals surface area contributed by atoms with Crippen LogP contribution in [0.1, 0.15) is 37.5 Å². The fourth-order valence-electron chi connectivity index (χ4n) is 4.01. The maximum Gasteiger partial charge on any atom is 0.264 e. The predicted octanol–water partition coefficient (Wildman–Crippen LogP) is 2.79. The first-order valence-electron chi connectivity index (χ1n) is 11.6. The highest BCUT2D eigenvalue weighted by Crippen LogP contribution is 2.27. The molecule has 1 aliphatic heterocycles. The van der Waals surface area contributed by atoms with Crippen molar-refractivity contribution in [3.63, 3.8) is 0 Å². The van der Waals surface area contributed by atoms with E-state index in [1.807, 2.05) is 43.0 Å². The van der Waals surface area contributed by atoms with Gasteiger partial charge in [0.05, 0.1) is 30.4 Å². The van der Waals surface area contributed by atoms with Crippen LogP contribution in [0.25, 0.3) is 0 Å². The van der Waals surface area contributed by atoms with Crippen LogP contribution in [0, 0.1) is 5.92 Å². The Morgan fingerprint density at radius 3 is 2.30 bits per heavy atom. The highest BCUT2D eigenvalue weighted by Gasteiger charge is 2.27. The second-order valence-corrected chi connectivity index (χ2v) is 10.7. The Balaban J connectivity index is 1.89. The van der Waals surface area contributed by atoms with E-state index in [1.54, 1.807) is 12.1 Å². The van der Waals surface area contributed by atoms with E-state index in [9.17, 15) is 18.6 Å². The van der Waals surface area contributed by atoms with Gasteiger partial charge in [-0.3, -0.25) is 9.21 Å². The number of anilines is 1. The number of aryl methyl sites for hydroxylation is 1. The van der Waals surface area contributed by atoms with E-state index in [-0.39, 0.29) is 17.4 Å². The lowest BCUT2D eigenvalue weighted by Crippen LogP contribution is -2.44. The Kier molecular flexibility index (Phi) is 8.89. The first-order valence-corrected chi connectivity index (χ1v) is 13.0. The van der Waals surface area contributed by atoms with Crippen LogP contribution in [0.4, 0.5) is 5.69 Å². The number of aliphatic hydroxyl groups is 2. The van der Waals surface area contributed by atoms with Crippen molar-refractivity contribution < 1.29 is 23.4 Å². The molecule has 0 saturated carbocycles. The molecule has 0 spiro atoms. The first-order chi connectivity index (χ1) is 15.8. The molecule has 1 fully saturated rings. The standard InChI is InChI=1S/C25H36N2O5S/c1-4-20-5-8-23(9-6-20)27(17-19(2)3)33(30,31)24-10-7-21(22(15-24)18-28)16-25(29)26-11-13-32-14-12-26/h5-10,15,19,25,28-29H,4,11-14,16-18H2,1-3H3. The molecule has 2 aromatic rings. The minimum absolute atomic E-state index is 0.130. The molecule has 0 aliphatic carbocycles. The van der Waals surface area contributed by atoms with Gasteiger partial charge < -0.3 is 14.9 Å². The van der Waals surface area contributed by atoms with Gasteiger partial charge in [0.25, 0.3) is 10.0 Å². The second kappa shape index (κ2) is 11.4. The fraction of sp³-hybridized carbons (Fsp3) is 0.520. The van der Waals surface area contributed by atoms with Gasteiger partial charge in [-0.25, -0.2) is 8.42 Å². The quantitative estimate of drug-likeness (QED) is 0.548. The van der Waals surface area contributed by atoms with E-state index < -0.39 is 16.3 Å². The molecule has 2 aromatic carbocycles. The Labute approximate surface area is 197 Å². The molecule has 0 bridgehead atoms. The molecule has 1 aliphatic rings. The third kappa shape index (κ3) is 6.33. The second-order valence-electron chi connectivity index (χ2n) is 8.87. The van der Waals surface area contributed by atoms with Crippen LogP contribution < -0.4 is 4.31 Å². The molecule has 2 N–H and O–H groups in total. The molecule has 3 rings (SSSR count). The molecule has 8 heteroatoms. The lowest BCUT2D eigenvalue weighted by atomic mass is 10.0. The topological polar surface area (TPSA) is 90.3 Å². The van der Waals surface area contributed by atoms with Crippen molar-refractivity contribution in [1.82, 2.24) is 4.90 Å². The molecule has 1 unspecified atom stereocenters. The van der Waals surface area contributed by atoms with Crippen LogP contribution in [0.2, 0.25) is 0 Å². The number of hydrogen-bond donors (Lipinski definition) is 2. The molecular weight excluding hydrogens is 440 g/mol. The minimum atomic E-state index is -3.83. The Morgan fingerprint density at radius 2 is 1.73 bits per heavy atom.